The zero-order valence-corrected chi connectivity index (χ0v) is 17.9. The number of benzene rings is 1. The van der Waals surface area contributed by atoms with Crippen LogP contribution in [0.25, 0.3) is 0 Å². The van der Waals surface area contributed by atoms with Gasteiger partial charge in [0, 0.05) is 38.3 Å². The average molecular weight is 412 g/mol. The zero-order chi connectivity index (χ0) is 21.9. The van der Waals surface area contributed by atoms with Crippen LogP contribution in [-0.2, 0) is 13.0 Å². The van der Waals surface area contributed by atoms with Crippen molar-refractivity contribution in [2.45, 2.75) is 39.7 Å². The molecule has 1 aliphatic heterocycles. The highest BCUT2D eigenvalue weighted by Gasteiger charge is 2.33. The Labute approximate surface area is 177 Å². The highest BCUT2D eigenvalue weighted by molar-refractivity contribution is 5.93. The van der Waals surface area contributed by atoms with Crippen LogP contribution in [0.2, 0.25) is 0 Å². The van der Waals surface area contributed by atoms with Crippen LogP contribution in [0.5, 0.6) is 5.88 Å². The average Bonchev–Trinajstić information content (AvgIpc) is 2.91. The van der Waals surface area contributed by atoms with Crippen molar-refractivity contribution in [1.82, 2.24) is 15.2 Å². The first-order chi connectivity index (χ1) is 14.2. The first-order valence-corrected chi connectivity index (χ1v) is 10.1. The lowest BCUT2D eigenvalue weighted by Gasteiger charge is -2.33. The van der Waals surface area contributed by atoms with E-state index in [4.69, 9.17) is 4.74 Å². The summed E-state index contributed by atoms with van der Waals surface area (Å²) in [5.74, 6) is 0.380. The van der Waals surface area contributed by atoms with Crippen LogP contribution in [0.4, 0.5) is 4.79 Å². The first kappa shape index (κ1) is 21.6. The van der Waals surface area contributed by atoms with Crippen LogP contribution in [0.3, 0.4) is 0 Å². The third kappa shape index (κ3) is 4.90. The molecule has 2 N–H and O–H groups in total. The monoisotopic (exact) mass is 411 g/mol. The van der Waals surface area contributed by atoms with Gasteiger partial charge in [0.2, 0.25) is 5.88 Å². The number of nitrogens with zero attached hydrogens (tertiary/aromatic N) is 2. The van der Waals surface area contributed by atoms with Gasteiger partial charge in [-0.2, -0.15) is 0 Å². The van der Waals surface area contributed by atoms with Crippen LogP contribution in [0.15, 0.2) is 36.5 Å². The Kier molecular flexibility index (Phi) is 6.29. The van der Waals surface area contributed by atoms with Gasteiger partial charge in [-0.3, -0.25) is 4.79 Å². The second-order valence-corrected chi connectivity index (χ2v) is 8.68. The summed E-state index contributed by atoms with van der Waals surface area (Å²) in [6.07, 6.45) is 1.30. The van der Waals surface area contributed by atoms with Gasteiger partial charge < -0.3 is 20.1 Å². The van der Waals surface area contributed by atoms with E-state index in [-0.39, 0.29) is 17.2 Å². The molecule has 3 rings (SSSR count). The number of pyridine rings is 1. The summed E-state index contributed by atoms with van der Waals surface area (Å²) >= 11 is 0. The Balaban J connectivity index is 1.77. The predicted octanol–water partition coefficient (Wildman–Crippen LogP) is 3.69. The summed E-state index contributed by atoms with van der Waals surface area (Å²) in [5.41, 5.74) is 3.81. The summed E-state index contributed by atoms with van der Waals surface area (Å²) in [6.45, 7) is 7.79. The number of carboxylic acid groups (broad SMARTS) is 1. The number of carbonyl (C=O) groups is 2. The summed E-state index contributed by atoms with van der Waals surface area (Å²) in [7, 11) is 1.57. The normalized spacial score (nSPS) is 16.4. The lowest BCUT2D eigenvalue weighted by Crippen LogP contribution is -2.36. The van der Waals surface area contributed by atoms with E-state index in [1.54, 1.807) is 19.2 Å². The lowest BCUT2D eigenvalue weighted by atomic mass is 9.75. The molecule has 0 bridgehead atoms. The number of hydrogen-bond donors (Lipinski definition) is 2. The van der Waals surface area contributed by atoms with E-state index in [0.717, 1.165) is 5.56 Å². The van der Waals surface area contributed by atoms with E-state index >= 15 is 0 Å². The van der Waals surface area contributed by atoms with Gasteiger partial charge in [-0.05, 0) is 34.6 Å². The minimum Gasteiger partial charge on any atom is -0.473 e. The molecule has 2 heterocycles. The highest BCUT2D eigenvalue weighted by Crippen LogP contribution is 2.39. The Bertz CT molecular complexity index is 919. The number of nitrogens with one attached hydrogen (secondary N) is 1. The minimum absolute atomic E-state index is 0.0543. The van der Waals surface area contributed by atoms with Crippen molar-refractivity contribution in [2.24, 2.45) is 5.41 Å². The van der Waals surface area contributed by atoms with Gasteiger partial charge in [0.05, 0.1) is 5.56 Å². The summed E-state index contributed by atoms with van der Waals surface area (Å²) in [4.78, 5) is 28.9. The minimum atomic E-state index is -0.869. The second-order valence-electron chi connectivity index (χ2n) is 8.68. The molecule has 7 nitrogen and oxygen atoms in total. The van der Waals surface area contributed by atoms with Gasteiger partial charge in [-0.1, -0.05) is 39.0 Å². The van der Waals surface area contributed by atoms with Crippen LogP contribution in [0.1, 0.15) is 53.7 Å². The van der Waals surface area contributed by atoms with Crippen LogP contribution in [0, 0.1) is 5.41 Å². The topological polar surface area (TPSA) is 91.8 Å². The molecular weight excluding hydrogens is 382 g/mol. The van der Waals surface area contributed by atoms with E-state index in [2.05, 4.69) is 43.2 Å². The maximum atomic E-state index is 11.6. The molecule has 0 saturated carbocycles. The molecule has 1 aromatic carbocycles. The lowest BCUT2D eigenvalue weighted by molar-refractivity contribution is 0.0962. The molecule has 0 saturated heterocycles. The number of aromatic nitrogens is 1. The number of amides is 2. The molecular formula is C23H29N3O4. The standard InChI is InChI=1S/C23H29N3O4/c1-23(2,3)19-13-26(22(28)29)10-9-16-11-15(5-7-18(16)19)14-30-20-8-6-17(12-25-20)21(27)24-4/h5-8,11-12,19H,9-10,13-14H2,1-4H3,(H,24,27)(H,28,29). The molecule has 30 heavy (non-hydrogen) atoms. The fourth-order valence-corrected chi connectivity index (χ4v) is 3.79. The molecule has 1 aliphatic rings. The summed E-state index contributed by atoms with van der Waals surface area (Å²) in [6, 6.07) is 9.60. The predicted molar refractivity (Wildman–Crippen MR) is 114 cm³/mol. The quantitative estimate of drug-likeness (QED) is 0.801. The molecule has 1 aromatic heterocycles. The Morgan fingerprint density at radius 2 is 2.03 bits per heavy atom. The molecule has 2 amide bonds. The van der Waals surface area contributed by atoms with Crippen molar-refractivity contribution >= 4 is 12.0 Å². The first-order valence-electron chi connectivity index (χ1n) is 10.1. The van der Waals surface area contributed by atoms with E-state index < -0.39 is 6.09 Å². The van der Waals surface area contributed by atoms with Crippen LogP contribution in [-0.4, -0.2) is 47.1 Å². The third-order valence-electron chi connectivity index (χ3n) is 5.57. The fourth-order valence-electron chi connectivity index (χ4n) is 3.79. The summed E-state index contributed by atoms with van der Waals surface area (Å²) in [5, 5.41) is 12.1. The maximum Gasteiger partial charge on any atom is 0.407 e. The Hall–Kier alpha value is -3.09. The van der Waals surface area contributed by atoms with E-state index in [1.165, 1.54) is 22.2 Å². The van der Waals surface area contributed by atoms with Gasteiger partial charge in [0.1, 0.15) is 6.61 Å². The molecule has 1 atom stereocenters. The molecule has 0 aliphatic carbocycles. The Morgan fingerprint density at radius 3 is 2.63 bits per heavy atom. The molecule has 160 valence electrons. The molecule has 0 fully saturated rings. The number of ether oxygens (including phenoxy) is 1. The summed E-state index contributed by atoms with van der Waals surface area (Å²) < 4.78 is 5.79. The van der Waals surface area contributed by atoms with Crippen LogP contribution >= 0.6 is 0 Å². The smallest absolute Gasteiger partial charge is 0.407 e. The number of carbonyl (C=O) groups excluding carboxylic acids is 1. The van der Waals surface area contributed by atoms with E-state index in [9.17, 15) is 14.7 Å². The van der Waals surface area contributed by atoms with Gasteiger partial charge in [0.15, 0.2) is 0 Å². The molecule has 2 aromatic rings. The molecule has 1 unspecified atom stereocenters. The molecule has 0 spiro atoms. The van der Waals surface area contributed by atoms with Gasteiger partial charge in [0.25, 0.3) is 5.91 Å². The SMILES string of the molecule is CNC(=O)c1ccc(OCc2ccc3c(c2)CCN(C(=O)O)CC3C(C)(C)C)nc1. The molecule has 0 radical (unpaired) electrons. The van der Waals surface area contributed by atoms with Crippen LogP contribution < -0.4 is 10.1 Å². The van der Waals surface area contributed by atoms with Crippen molar-refractivity contribution in [3.05, 3.63) is 58.8 Å². The van der Waals surface area contributed by atoms with Crippen molar-refractivity contribution in [2.75, 3.05) is 20.1 Å². The number of fused-ring (bicyclic) bond motifs is 1. The largest absolute Gasteiger partial charge is 0.473 e. The molecule has 7 heteroatoms. The number of hydrogen-bond acceptors (Lipinski definition) is 4. The van der Waals surface area contributed by atoms with Gasteiger partial charge >= 0.3 is 6.09 Å². The van der Waals surface area contributed by atoms with Crippen molar-refractivity contribution in [3.8, 4) is 5.88 Å². The van der Waals surface area contributed by atoms with Gasteiger partial charge in [-0.25, -0.2) is 9.78 Å². The third-order valence-corrected chi connectivity index (χ3v) is 5.57. The Morgan fingerprint density at radius 1 is 1.27 bits per heavy atom. The number of rotatable bonds is 4. The van der Waals surface area contributed by atoms with Crippen molar-refractivity contribution < 1.29 is 19.4 Å². The fraction of sp³-hybridized carbons (Fsp3) is 0.435. The maximum absolute atomic E-state index is 11.6. The van der Waals surface area contributed by atoms with Crippen molar-refractivity contribution in [3.63, 3.8) is 0 Å². The highest BCUT2D eigenvalue weighted by atomic mass is 16.5. The van der Waals surface area contributed by atoms with E-state index in [1.807, 2.05) is 6.07 Å². The van der Waals surface area contributed by atoms with Gasteiger partial charge in [-0.15, -0.1) is 0 Å². The van der Waals surface area contributed by atoms with Crippen molar-refractivity contribution in [1.29, 1.82) is 0 Å². The zero-order valence-electron chi connectivity index (χ0n) is 17.9. The van der Waals surface area contributed by atoms with E-state index in [0.29, 0.717) is 37.6 Å². The second kappa shape index (κ2) is 8.73.